The van der Waals surface area contributed by atoms with Crippen molar-refractivity contribution in [2.75, 3.05) is 38.1 Å². The minimum absolute atomic E-state index is 0.0768. The molecule has 1 unspecified atom stereocenters. The number of anilines is 1. The second-order valence-corrected chi connectivity index (χ2v) is 8.35. The van der Waals surface area contributed by atoms with Crippen LogP contribution >= 0.6 is 0 Å². The van der Waals surface area contributed by atoms with Crippen LogP contribution in [0.25, 0.3) is 0 Å². The number of hydrogen-bond acceptors (Lipinski definition) is 5. The predicted molar refractivity (Wildman–Crippen MR) is 119 cm³/mol. The summed E-state index contributed by atoms with van der Waals surface area (Å²) in [4.78, 5) is 19.1. The smallest absolute Gasteiger partial charge is 0.438 e. The van der Waals surface area contributed by atoms with Crippen LogP contribution in [-0.2, 0) is 11.3 Å². The highest BCUT2D eigenvalue weighted by Crippen LogP contribution is 2.34. The zero-order chi connectivity index (χ0) is 23.6. The molecule has 0 aromatic heterocycles. The lowest BCUT2D eigenvalue weighted by Crippen LogP contribution is -2.51. The third-order valence-corrected chi connectivity index (χ3v) is 5.83. The van der Waals surface area contributed by atoms with Crippen LogP contribution in [0.1, 0.15) is 18.1 Å². The van der Waals surface area contributed by atoms with Crippen molar-refractivity contribution in [3.8, 4) is 0 Å². The van der Waals surface area contributed by atoms with E-state index in [1.54, 1.807) is 29.2 Å². The molecule has 1 atom stereocenters. The summed E-state index contributed by atoms with van der Waals surface area (Å²) in [6.45, 7) is 4.15. The first kappa shape index (κ1) is 22.9. The molecule has 33 heavy (non-hydrogen) atoms. The van der Waals surface area contributed by atoms with Gasteiger partial charge in [0, 0.05) is 44.4 Å². The molecule has 1 fully saturated rings. The molecule has 0 radical (unpaired) electrons. The number of urea groups is 1. The van der Waals surface area contributed by atoms with E-state index >= 15 is 0 Å². The molecule has 0 spiro atoms. The summed E-state index contributed by atoms with van der Waals surface area (Å²) in [5.41, 5.74) is 1.49. The molecule has 2 aromatic carbocycles. The molecule has 2 amide bonds. The van der Waals surface area contributed by atoms with Crippen molar-refractivity contribution in [3.63, 3.8) is 0 Å². The van der Waals surface area contributed by atoms with E-state index in [4.69, 9.17) is 4.74 Å². The van der Waals surface area contributed by atoms with Gasteiger partial charge in [0.25, 0.3) is 5.72 Å². The van der Waals surface area contributed by atoms with Crippen molar-refractivity contribution in [3.05, 3.63) is 65.7 Å². The summed E-state index contributed by atoms with van der Waals surface area (Å²) in [6, 6.07) is 16.1. The summed E-state index contributed by atoms with van der Waals surface area (Å²) in [5, 5.41) is 3.71. The van der Waals surface area contributed by atoms with Crippen molar-refractivity contribution in [2.24, 2.45) is 5.10 Å². The monoisotopic (exact) mass is 461 g/mol. The molecule has 1 saturated heterocycles. The molecular formula is C23H26F3N5O2. The quantitative estimate of drug-likeness (QED) is 0.756. The van der Waals surface area contributed by atoms with Gasteiger partial charge in [0.15, 0.2) is 0 Å². The average Bonchev–Trinajstić information content (AvgIpc) is 3.22. The Bertz CT molecular complexity index is 1010. The van der Waals surface area contributed by atoms with Crippen LogP contribution in [-0.4, -0.2) is 66.9 Å². The van der Waals surface area contributed by atoms with Crippen LogP contribution in [0, 0.1) is 0 Å². The second-order valence-electron chi connectivity index (χ2n) is 8.35. The Labute approximate surface area is 190 Å². The Hall–Kier alpha value is -3.27. The highest BCUT2D eigenvalue weighted by Gasteiger charge is 2.57. The van der Waals surface area contributed by atoms with Crippen molar-refractivity contribution in [1.29, 1.82) is 0 Å². The number of para-hydroxylation sites is 1. The Kier molecular flexibility index (Phi) is 6.20. The van der Waals surface area contributed by atoms with Crippen molar-refractivity contribution in [1.82, 2.24) is 15.2 Å². The maximum Gasteiger partial charge on any atom is 0.449 e. The minimum Gasteiger partial charge on any atom is -0.438 e. The standard InChI is InChI=1S/C23H26F3N5O2/c1-22(23(24,25)26)28-27-20(33-22)18-10-8-17(9-11-18)16-31(19-6-4-3-5-7-19)21(32)30-14-12-29(2)13-15-30/h3-11,28H,12-16H2,1-2H3. The van der Waals surface area contributed by atoms with E-state index in [1.807, 2.05) is 47.7 Å². The number of amides is 2. The lowest BCUT2D eigenvalue weighted by atomic mass is 10.1. The topological polar surface area (TPSA) is 60.4 Å². The molecule has 10 heteroatoms. The Morgan fingerprint density at radius 1 is 1.09 bits per heavy atom. The molecule has 0 saturated carbocycles. The van der Waals surface area contributed by atoms with Crippen LogP contribution in [0.2, 0.25) is 0 Å². The molecule has 2 aliphatic heterocycles. The van der Waals surface area contributed by atoms with E-state index in [9.17, 15) is 18.0 Å². The Balaban J connectivity index is 1.50. The van der Waals surface area contributed by atoms with E-state index in [-0.39, 0.29) is 11.9 Å². The number of piperazine rings is 1. The number of halogens is 3. The number of hydrazone groups is 1. The number of nitrogens with one attached hydrogen (secondary N) is 1. The van der Waals surface area contributed by atoms with Gasteiger partial charge in [-0.3, -0.25) is 10.3 Å². The molecule has 2 heterocycles. The van der Waals surface area contributed by atoms with Crippen LogP contribution in [0.15, 0.2) is 59.7 Å². The van der Waals surface area contributed by atoms with E-state index in [2.05, 4.69) is 10.0 Å². The molecular weight excluding hydrogens is 435 g/mol. The lowest BCUT2D eigenvalue weighted by Gasteiger charge is -2.36. The van der Waals surface area contributed by atoms with E-state index < -0.39 is 11.9 Å². The zero-order valence-electron chi connectivity index (χ0n) is 18.5. The molecule has 4 rings (SSSR count). The molecule has 2 aliphatic rings. The number of ether oxygens (including phenoxy) is 1. The van der Waals surface area contributed by atoms with Crippen LogP contribution < -0.4 is 10.3 Å². The fraction of sp³-hybridized carbons (Fsp3) is 0.391. The summed E-state index contributed by atoms with van der Waals surface area (Å²) < 4.78 is 44.5. The van der Waals surface area contributed by atoms with Gasteiger partial charge in [-0.2, -0.15) is 13.2 Å². The van der Waals surface area contributed by atoms with Crippen molar-refractivity contribution >= 4 is 17.6 Å². The number of likely N-dealkylation sites (N-methyl/N-ethyl adjacent to an activating group) is 1. The van der Waals surface area contributed by atoms with Gasteiger partial charge in [-0.25, -0.2) is 4.79 Å². The first-order valence-corrected chi connectivity index (χ1v) is 10.7. The lowest BCUT2D eigenvalue weighted by molar-refractivity contribution is -0.250. The second kappa shape index (κ2) is 8.93. The summed E-state index contributed by atoms with van der Waals surface area (Å²) >= 11 is 0. The van der Waals surface area contributed by atoms with Gasteiger partial charge in [0.05, 0.1) is 6.54 Å². The number of rotatable bonds is 4. The predicted octanol–water partition coefficient (Wildman–Crippen LogP) is 3.62. The number of benzene rings is 2. The number of carbonyl (C=O) groups is 1. The minimum atomic E-state index is -4.61. The molecule has 0 aliphatic carbocycles. The fourth-order valence-electron chi connectivity index (χ4n) is 3.62. The van der Waals surface area contributed by atoms with Gasteiger partial charge in [-0.1, -0.05) is 30.3 Å². The normalized spacial score (nSPS) is 21.2. The highest BCUT2D eigenvalue weighted by molar-refractivity contribution is 5.95. The summed E-state index contributed by atoms with van der Waals surface area (Å²) in [7, 11) is 2.03. The number of carbonyl (C=O) groups excluding carboxylic acids is 1. The average molecular weight is 461 g/mol. The van der Waals surface area contributed by atoms with Crippen molar-refractivity contribution < 1.29 is 22.7 Å². The van der Waals surface area contributed by atoms with Gasteiger partial charge < -0.3 is 14.5 Å². The maximum absolute atomic E-state index is 13.3. The number of nitrogens with zero attached hydrogens (tertiary/aromatic N) is 4. The van der Waals surface area contributed by atoms with Gasteiger partial charge >= 0.3 is 12.2 Å². The van der Waals surface area contributed by atoms with Crippen LogP contribution in [0.4, 0.5) is 23.7 Å². The molecule has 1 N–H and O–H groups in total. The molecule has 2 aromatic rings. The number of hydrogen-bond donors (Lipinski definition) is 1. The third kappa shape index (κ3) is 4.90. The van der Waals surface area contributed by atoms with Crippen LogP contribution in [0.3, 0.4) is 0 Å². The summed E-state index contributed by atoms with van der Waals surface area (Å²) in [6.07, 6.45) is -4.61. The molecule has 0 bridgehead atoms. The largest absolute Gasteiger partial charge is 0.449 e. The van der Waals surface area contributed by atoms with Gasteiger partial charge in [-0.05, 0) is 36.9 Å². The molecule has 7 nitrogen and oxygen atoms in total. The van der Waals surface area contributed by atoms with E-state index in [0.29, 0.717) is 25.2 Å². The van der Waals surface area contributed by atoms with E-state index in [0.717, 1.165) is 31.3 Å². The third-order valence-electron chi connectivity index (χ3n) is 5.83. The Morgan fingerprint density at radius 3 is 2.30 bits per heavy atom. The first-order valence-electron chi connectivity index (χ1n) is 10.7. The maximum atomic E-state index is 13.3. The molecule has 176 valence electrons. The fourth-order valence-corrected chi connectivity index (χ4v) is 3.62. The van der Waals surface area contributed by atoms with Gasteiger partial charge in [0.2, 0.25) is 5.90 Å². The Morgan fingerprint density at radius 2 is 1.73 bits per heavy atom. The van der Waals surface area contributed by atoms with E-state index in [1.165, 1.54) is 0 Å². The zero-order valence-corrected chi connectivity index (χ0v) is 18.5. The van der Waals surface area contributed by atoms with Crippen molar-refractivity contribution in [2.45, 2.75) is 25.4 Å². The van der Waals surface area contributed by atoms with Gasteiger partial charge in [0.1, 0.15) is 0 Å². The SMILES string of the molecule is CN1CCN(C(=O)N(Cc2ccc(C3=NNC(C)(C(F)(F)F)O3)cc2)c2ccccc2)CC1. The van der Waals surface area contributed by atoms with Gasteiger partial charge in [-0.15, -0.1) is 5.10 Å². The first-order chi connectivity index (χ1) is 15.7. The van der Waals surface area contributed by atoms with Crippen LogP contribution in [0.5, 0.6) is 0 Å². The summed E-state index contributed by atoms with van der Waals surface area (Å²) in [5.74, 6) is -0.130. The number of alkyl halides is 3. The highest BCUT2D eigenvalue weighted by atomic mass is 19.4.